The standard InChI is InChI=1S/C11H12BrFO/c1-2-6-5-8-7(11(6)14)3-4-9(12)10(8)13/h3-4,6,11,14H,2,5H2,1H3/t6-,11-/m1/s1. The highest BCUT2D eigenvalue weighted by Crippen LogP contribution is 2.40. The molecule has 1 N–H and O–H groups in total. The van der Waals surface area contributed by atoms with Gasteiger partial charge in [0.05, 0.1) is 10.6 Å². The minimum Gasteiger partial charge on any atom is -0.388 e. The van der Waals surface area contributed by atoms with E-state index in [9.17, 15) is 9.50 Å². The molecule has 1 aliphatic rings. The van der Waals surface area contributed by atoms with Crippen LogP contribution in [-0.4, -0.2) is 5.11 Å². The SMILES string of the molecule is CC[C@@H]1Cc2c(ccc(Br)c2F)[C@@H]1O. The lowest BCUT2D eigenvalue weighted by Gasteiger charge is -2.11. The highest BCUT2D eigenvalue weighted by molar-refractivity contribution is 9.10. The number of hydrogen-bond donors (Lipinski definition) is 1. The molecule has 0 heterocycles. The van der Waals surface area contributed by atoms with E-state index in [1.165, 1.54) is 0 Å². The zero-order valence-electron chi connectivity index (χ0n) is 7.93. The highest BCUT2D eigenvalue weighted by atomic mass is 79.9. The monoisotopic (exact) mass is 258 g/mol. The average Bonchev–Trinajstić information content (AvgIpc) is 2.50. The van der Waals surface area contributed by atoms with Crippen molar-refractivity contribution in [3.8, 4) is 0 Å². The second-order valence-electron chi connectivity index (χ2n) is 3.75. The second-order valence-corrected chi connectivity index (χ2v) is 4.60. The zero-order chi connectivity index (χ0) is 10.3. The Balaban J connectivity index is 2.48. The van der Waals surface area contributed by atoms with Crippen molar-refractivity contribution >= 4 is 15.9 Å². The van der Waals surface area contributed by atoms with E-state index >= 15 is 0 Å². The van der Waals surface area contributed by atoms with Crippen LogP contribution >= 0.6 is 15.9 Å². The van der Waals surface area contributed by atoms with Crippen LogP contribution in [0.2, 0.25) is 0 Å². The fourth-order valence-electron chi connectivity index (χ4n) is 2.09. The number of benzene rings is 1. The van der Waals surface area contributed by atoms with E-state index in [-0.39, 0.29) is 11.7 Å². The summed E-state index contributed by atoms with van der Waals surface area (Å²) < 4.78 is 14.1. The smallest absolute Gasteiger partial charge is 0.140 e. The molecule has 76 valence electrons. The number of aliphatic hydroxyl groups is 1. The van der Waals surface area contributed by atoms with Crippen molar-refractivity contribution in [3.63, 3.8) is 0 Å². The molecule has 1 aliphatic carbocycles. The van der Waals surface area contributed by atoms with Gasteiger partial charge in [-0.1, -0.05) is 19.4 Å². The molecule has 0 unspecified atom stereocenters. The maximum atomic E-state index is 13.6. The number of fused-ring (bicyclic) bond motifs is 1. The van der Waals surface area contributed by atoms with E-state index < -0.39 is 6.10 Å². The van der Waals surface area contributed by atoms with Gasteiger partial charge >= 0.3 is 0 Å². The molecule has 0 radical (unpaired) electrons. The Labute approximate surface area is 91.1 Å². The molecule has 1 aromatic rings. The van der Waals surface area contributed by atoms with Gasteiger partial charge in [0.2, 0.25) is 0 Å². The Hall–Kier alpha value is -0.410. The maximum Gasteiger partial charge on any atom is 0.140 e. The van der Waals surface area contributed by atoms with Gasteiger partial charge in [-0.15, -0.1) is 0 Å². The molecule has 1 aromatic carbocycles. The van der Waals surface area contributed by atoms with Crippen LogP contribution in [0.1, 0.15) is 30.6 Å². The first-order valence-electron chi connectivity index (χ1n) is 4.80. The first-order chi connectivity index (χ1) is 6.65. The van der Waals surface area contributed by atoms with Gasteiger partial charge in [-0.2, -0.15) is 0 Å². The van der Waals surface area contributed by atoms with Gasteiger partial charge in [-0.05, 0) is 45.5 Å². The Morgan fingerprint density at radius 1 is 1.57 bits per heavy atom. The normalized spacial score (nSPS) is 25.1. The molecule has 0 amide bonds. The van der Waals surface area contributed by atoms with Crippen molar-refractivity contribution in [1.82, 2.24) is 0 Å². The van der Waals surface area contributed by atoms with Crippen LogP contribution in [0.5, 0.6) is 0 Å². The first kappa shape index (κ1) is 10.1. The number of halogens is 2. The molecule has 2 atom stereocenters. The van der Waals surface area contributed by atoms with E-state index in [0.717, 1.165) is 12.0 Å². The highest BCUT2D eigenvalue weighted by Gasteiger charge is 2.32. The number of hydrogen-bond acceptors (Lipinski definition) is 1. The summed E-state index contributed by atoms with van der Waals surface area (Å²) in [6.45, 7) is 2.02. The van der Waals surface area contributed by atoms with E-state index in [2.05, 4.69) is 15.9 Å². The molecule has 0 spiro atoms. The largest absolute Gasteiger partial charge is 0.388 e. The fourth-order valence-corrected chi connectivity index (χ4v) is 2.46. The zero-order valence-corrected chi connectivity index (χ0v) is 9.51. The van der Waals surface area contributed by atoms with E-state index in [1.807, 2.05) is 13.0 Å². The number of aliphatic hydroxyl groups excluding tert-OH is 1. The molecular formula is C11H12BrFO. The predicted molar refractivity (Wildman–Crippen MR) is 56.5 cm³/mol. The molecule has 0 bridgehead atoms. The lowest BCUT2D eigenvalue weighted by Crippen LogP contribution is -2.04. The van der Waals surface area contributed by atoms with Gasteiger partial charge < -0.3 is 5.11 Å². The Kier molecular flexibility index (Phi) is 2.62. The van der Waals surface area contributed by atoms with Crippen LogP contribution in [0.25, 0.3) is 0 Å². The first-order valence-corrected chi connectivity index (χ1v) is 5.59. The quantitative estimate of drug-likeness (QED) is 0.821. The van der Waals surface area contributed by atoms with Gasteiger partial charge in [0.1, 0.15) is 5.82 Å². The molecule has 2 rings (SSSR count). The summed E-state index contributed by atoms with van der Waals surface area (Å²) in [5, 5.41) is 9.87. The summed E-state index contributed by atoms with van der Waals surface area (Å²) >= 11 is 3.15. The van der Waals surface area contributed by atoms with Gasteiger partial charge in [0.25, 0.3) is 0 Å². The summed E-state index contributed by atoms with van der Waals surface area (Å²) in [4.78, 5) is 0. The third-order valence-electron chi connectivity index (χ3n) is 2.99. The van der Waals surface area contributed by atoms with E-state index in [1.54, 1.807) is 6.07 Å². The molecule has 0 saturated carbocycles. The van der Waals surface area contributed by atoms with Crippen molar-refractivity contribution in [1.29, 1.82) is 0 Å². The summed E-state index contributed by atoms with van der Waals surface area (Å²) in [6.07, 6.45) is 1.04. The van der Waals surface area contributed by atoms with Gasteiger partial charge in [0, 0.05) is 0 Å². The molecule has 0 saturated heterocycles. The van der Waals surface area contributed by atoms with Crippen LogP contribution in [0, 0.1) is 11.7 Å². The molecule has 3 heteroatoms. The predicted octanol–water partition coefficient (Wildman–Crippen LogP) is 3.20. The average molecular weight is 259 g/mol. The summed E-state index contributed by atoms with van der Waals surface area (Å²) in [5.74, 6) is -0.0358. The van der Waals surface area contributed by atoms with Crippen molar-refractivity contribution < 1.29 is 9.50 Å². The second kappa shape index (κ2) is 3.63. The molecule has 0 aromatic heterocycles. The third kappa shape index (κ3) is 1.39. The van der Waals surface area contributed by atoms with Gasteiger partial charge in [0.15, 0.2) is 0 Å². The van der Waals surface area contributed by atoms with Crippen molar-refractivity contribution in [2.45, 2.75) is 25.9 Å². The third-order valence-corrected chi connectivity index (χ3v) is 3.60. The van der Waals surface area contributed by atoms with E-state index in [0.29, 0.717) is 16.5 Å². The molecule has 0 fully saturated rings. The minimum atomic E-state index is -0.488. The van der Waals surface area contributed by atoms with Crippen molar-refractivity contribution in [2.75, 3.05) is 0 Å². The fraction of sp³-hybridized carbons (Fsp3) is 0.455. The Bertz CT molecular complexity index is 365. The maximum absolute atomic E-state index is 13.6. The van der Waals surface area contributed by atoms with Crippen LogP contribution in [0.4, 0.5) is 4.39 Å². The van der Waals surface area contributed by atoms with E-state index in [4.69, 9.17) is 0 Å². The topological polar surface area (TPSA) is 20.2 Å². The molecule has 14 heavy (non-hydrogen) atoms. The van der Waals surface area contributed by atoms with Crippen LogP contribution in [0.3, 0.4) is 0 Å². The lowest BCUT2D eigenvalue weighted by atomic mass is 10.0. The van der Waals surface area contributed by atoms with Crippen LogP contribution < -0.4 is 0 Å². The van der Waals surface area contributed by atoms with Crippen molar-refractivity contribution in [3.05, 3.63) is 33.5 Å². The lowest BCUT2D eigenvalue weighted by molar-refractivity contribution is 0.121. The number of rotatable bonds is 1. The van der Waals surface area contributed by atoms with Crippen molar-refractivity contribution in [2.24, 2.45) is 5.92 Å². The Morgan fingerprint density at radius 3 is 2.93 bits per heavy atom. The van der Waals surface area contributed by atoms with Gasteiger partial charge in [-0.25, -0.2) is 4.39 Å². The van der Waals surface area contributed by atoms with Crippen LogP contribution in [0.15, 0.2) is 16.6 Å². The molecule has 1 nitrogen and oxygen atoms in total. The van der Waals surface area contributed by atoms with Gasteiger partial charge in [-0.3, -0.25) is 0 Å². The Morgan fingerprint density at radius 2 is 2.29 bits per heavy atom. The van der Waals surface area contributed by atoms with Crippen LogP contribution in [-0.2, 0) is 6.42 Å². The molecule has 0 aliphatic heterocycles. The minimum absolute atomic E-state index is 0.175. The molecular weight excluding hydrogens is 247 g/mol. The summed E-state index contributed by atoms with van der Waals surface area (Å²) in [5.41, 5.74) is 1.44. The summed E-state index contributed by atoms with van der Waals surface area (Å²) in [6, 6.07) is 3.47. The summed E-state index contributed by atoms with van der Waals surface area (Å²) in [7, 11) is 0.